The van der Waals surface area contributed by atoms with Gasteiger partial charge >= 0.3 is 5.97 Å². The summed E-state index contributed by atoms with van der Waals surface area (Å²) < 4.78 is 10.6. The third-order valence-electron chi connectivity index (χ3n) is 2.86. The van der Waals surface area contributed by atoms with E-state index in [9.17, 15) is 9.59 Å². The van der Waals surface area contributed by atoms with Crippen LogP contribution in [0.4, 0.5) is 0 Å². The summed E-state index contributed by atoms with van der Waals surface area (Å²) >= 11 is 0. The zero-order chi connectivity index (χ0) is 15.7. The van der Waals surface area contributed by atoms with E-state index in [1.807, 2.05) is 13.0 Å². The van der Waals surface area contributed by atoms with Crippen molar-refractivity contribution in [2.45, 2.75) is 19.8 Å². The molecule has 1 aromatic rings. The van der Waals surface area contributed by atoms with Gasteiger partial charge in [-0.15, -0.1) is 0 Å². The topological polar surface area (TPSA) is 76.1 Å². The Morgan fingerprint density at radius 1 is 1.19 bits per heavy atom. The minimum atomic E-state index is -0.922. The molecule has 0 radical (unpaired) electrons. The highest BCUT2D eigenvalue weighted by molar-refractivity contribution is 5.78. The summed E-state index contributed by atoms with van der Waals surface area (Å²) in [4.78, 5) is 24.2. The Morgan fingerprint density at radius 3 is 2.43 bits per heavy atom. The van der Waals surface area contributed by atoms with Crippen molar-refractivity contribution in [3.05, 3.63) is 24.3 Å². The SMILES string of the molecule is CCCN(CCC(=O)O)C(=O)COc1ccccc1OC. The molecule has 0 unspecified atom stereocenters. The van der Waals surface area contributed by atoms with Gasteiger partial charge in [0.2, 0.25) is 0 Å². The third-order valence-corrected chi connectivity index (χ3v) is 2.86. The maximum absolute atomic E-state index is 12.1. The van der Waals surface area contributed by atoms with Crippen molar-refractivity contribution < 1.29 is 24.2 Å². The molecule has 0 atom stereocenters. The predicted octanol–water partition coefficient (Wildman–Crippen LogP) is 1.79. The number of carboxylic acid groups (broad SMARTS) is 1. The van der Waals surface area contributed by atoms with Crippen molar-refractivity contribution in [1.82, 2.24) is 4.90 Å². The summed E-state index contributed by atoms with van der Waals surface area (Å²) in [6, 6.07) is 7.06. The molecule has 1 N–H and O–H groups in total. The number of benzene rings is 1. The van der Waals surface area contributed by atoms with Crippen LogP contribution in [0.1, 0.15) is 19.8 Å². The zero-order valence-corrected chi connectivity index (χ0v) is 12.4. The summed E-state index contributed by atoms with van der Waals surface area (Å²) in [6.07, 6.45) is 0.695. The number of hydrogen-bond acceptors (Lipinski definition) is 4. The lowest BCUT2D eigenvalue weighted by Gasteiger charge is -2.21. The second kappa shape index (κ2) is 8.84. The molecule has 0 bridgehead atoms. The van der Waals surface area contributed by atoms with E-state index in [-0.39, 0.29) is 25.5 Å². The Hall–Kier alpha value is -2.24. The van der Waals surface area contributed by atoms with E-state index in [1.54, 1.807) is 18.2 Å². The van der Waals surface area contributed by atoms with Gasteiger partial charge in [0, 0.05) is 13.1 Å². The van der Waals surface area contributed by atoms with Crippen LogP contribution in [0.3, 0.4) is 0 Å². The van der Waals surface area contributed by atoms with Gasteiger partial charge in [-0.05, 0) is 18.6 Å². The van der Waals surface area contributed by atoms with Gasteiger partial charge in [-0.25, -0.2) is 0 Å². The van der Waals surface area contributed by atoms with Crippen LogP contribution < -0.4 is 9.47 Å². The number of carbonyl (C=O) groups is 2. The summed E-state index contributed by atoms with van der Waals surface area (Å²) in [5.41, 5.74) is 0. The predicted molar refractivity (Wildman–Crippen MR) is 77.6 cm³/mol. The molecule has 1 rings (SSSR count). The fourth-order valence-electron chi connectivity index (χ4n) is 1.83. The van der Waals surface area contributed by atoms with Gasteiger partial charge in [-0.3, -0.25) is 9.59 Å². The van der Waals surface area contributed by atoms with E-state index in [0.717, 1.165) is 6.42 Å². The molecular weight excluding hydrogens is 274 g/mol. The molecule has 0 fully saturated rings. The first kappa shape index (κ1) is 16.8. The monoisotopic (exact) mass is 295 g/mol. The van der Waals surface area contributed by atoms with Crippen LogP contribution in [-0.4, -0.2) is 48.7 Å². The molecule has 0 saturated heterocycles. The Labute approximate surface area is 124 Å². The average Bonchev–Trinajstić information content (AvgIpc) is 2.49. The summed E-state index contributed by atoms with van der Waals surface area (Å²) in [6.45, 7) is 2.50. The van der Waals surface area contributed by atoms with Crippen LogP contribution in [0.15, 0.2) is 24.3 Å². The zero-order valence-electron chi connectivity index (χ0n) is 12.4. The van der Waals surface area contributed by atoms with Gasteiger partial charge < -0.3 is 19.5 Å². The van der Waals surface area contributed by atoms with Crippen molar-refractivity contribution in [3.8, 4) is 11.5 Å². The smallest absolute Gasteiger partial charge is 0.305 e. The molecule has 0 aliphatic rings. The minimum Gasteiger partial charge on any atom is -0.493 e. The van der Waals surface area contributed by atoms with Crippen LogP contribution in [0.5, 0.6) is 11.5 Å². The number of rotatable bonds is 9. The molecule has 0 aliphatic heterocycles. The standard InChI is InChI=1S/C15H21NO5/c1-3-9-16(10-8-15(18)19)14(17)11-21-13-7-5-4-6-12(13)20-2/h4-7H,3,8-11H2,1-2H3,(H,18,19). The van der Waals surface area contributed by atoms with E-state index in [0.29, 0.717) is 18.0 Å². The number of nitrogens with zero attached hydrogens (tertiary/aromatic N) is 1. The first-order valence-corrected chi connectivity index (χ1v) is 6.83. The van der Waals surface area contributed by atoms with E-state index < -0.39 is 5.97 Å². The molecule has 0 aliphatic carbocycles. The quantitative estimate of drug-likeness (QED) is 0.751. The molecule has 6 nitrogen and oxygen atoms in total. The van der Waals surface area contributed by atoms with E-state index in [2.05, 4.69) is 0 Å². The lowest BCUT2D eigenvalue weighted by molar-refractivity contribution is -0.139. The molecule has 0 spiro atoms. The summed E-state index contributed by atoms with van der Waals surface area (Å²) in [5.74, 6) is -0.112. The molecule has 1 aromatic carbocycles. The van der Waals surface area contributed by atoms with Crippen LogP contribution in [0.2, 0.25) is 0 Å². The number of para-hydroxylation sites is 2. The highest BCUT2D eigenvalue weighted by Crippen LogP contribution is 2.25. The van der Waals surface area contributed by atoms with Gasteiger partial charge in [0.05, 0.1) is 13.5 Å². The fourth-order valence-corrected chi connectivity index (χ4v) is 1.83. The molecule has 1 amide bonds. The van der Waals surface area contributed by atoms with E-state index in [1.165, 1.54) is 12.0 Å². The number of amides is 1. The lowest BCUT2D eigenvalue weighted by atomic mass is 10.3. The first-order chi connectivity index (χ1) is 10.1. The molecule has 6 heteroatoms. The van der Waals surface area contributed by atoms with Gasteiger partial charge in [0.25, 0.3) is 5.91 Å². The summed E-state index contributed by atoms with van der Waals surface area (Å²) in [5, 5.41) is 8.70. The van der Waals surface area contributed by atoms with Gasteiger partial charge in [0.15, 0.2) is 18.1 Å². The van der Waals surface area contributed by atoms with Crippen molar-refractivity contribution in [3.63, 3.8) is 0 Å². The second-order valence-corrected chi connectivity index (χ2v) is 4.46. The van der Waals surface area contributed by atoms with Crippen LogP contribution in [0.25, 0.3) is 0 Å². The molecule has 0 saturated carbocycles. The van der Waals surface area contributed by atoms with Crippen LogP contribution in [-0.2, 0) is 9.59 Å². The number of carboxylic acids is 1. The normalized spacial score (nSPS) is 10.0. The highest BCUT2D eigenvalue weighted by atomic mass is 16.5. The number of methoxy groups -OCH3 is 1. The van der Waals surface area contributed by atoms with Gasteiger partial charge in [0.1, 0.15) is 0 Å². The Bertz CT molecular complexity index is 475. The number of hydrogen-bond donors (Lipinski definition) is 1. The number of ether oxygens (including phenoxy) is 2. The largest absolute Gasteiger partial charge is 0.493 e. The van der Waals surface area contributed by atoms with Crippen molar-refractivity contribution in [2.75, 3.05) is 26.8 Å². The van der Waals surface area contributed by atoms with Crippen molar-refractivity contribution in [1.29, 1.82) is 0 Å². The van der Waals surface area contributed by atoms with Crippen LogP contribution >= 0.6 is 0 Å². The first-order valence-electron chi connectivity index (χ1n) is 6.83. The molecule has 0 heterocycles. The third kappa shape index (κ3) is 5.72. The minimum absolute atomic E-state index is 0.0690. The second-order valence-electron chi connectivity index (χ2n) is 4.46. The van der Waals surface area contributed by atoms with Crippen molar-refractivity contribution >= 4 is 11.9 Å². The Morgan fingerprint density at radius 2 is 1.86 bits per heavy atom. The summed E-state index contributed by atoms with van der Waals surface area (Å²) in [7, 11) is 1.53. The van der Waals surface area contributed by atoms with Crippen LogP contribution in [0, 0.1) is 0 Å². The average molecular weight is 295 g/mol. The molecule has 116 valence electrons. The van der Waals surface area contributed by atoms with Crippen molar-refractivity contribution in [2.24, 2.45) is 0 Å². The molecule has 0 aromatic heterocycles. The van der Waals surface area contributed by atoms with E-state index in [4.69, 9.17) is 14.6 Å². The van der Waals surface area contributed by atoms with Gasteiger partial charge in [-0.2, -0.15) is 0 Å². The van der Waals surface area contributed by atoms with E-state index >= 15 is 0 Å². The Kier molecular flexibility index (Phi) is 7.08. The highest BCUT2D eigenvalue weighted by Gasteiger charge is 2.15. The lowest BCUT2D eigenvalue weighted by Crippen LogP contribution is -2.37. The maximum Gasteiger partial charge on any atom is 0.305 e. The number of aliphatic carboxylic acids is 1. The Balaban J connectivity index is 2.58. The fraction of sp³-hybridized carbons (Fsp3) is 0.467. The van der Waals surface area contributed by atoms with Gasteiger partial charge in [-0.1, -0.05) is 19.1 Å². The number of carbonyl (C=O) groups excluding carboxylic acids is 1. The molecule has 21 heavy (non-hydrogen) atoms. The molecular formula is C15H21NO5. The maximum atomic E-state index is 12.1.